The van der Waals surface area contributed by atoms with E-state index in [4.69, 9.17) is 4.74 Å². The first-order chi connectivity index (χ1) is 34.7. The first-order valence-electron chi connectivity index (χ1n) is 27.1. The van der Waals surface area contributed by atoms with Gasteiger partial charge in [-0.15, -0.1) is 0 Å². The van der Waals surface area contributed by atoms with E-state index >= 15 is 0 Å². The Labute approximate surface area is 432 Å². The van der Waals surface area contributed by atoms with Crippen molar-refractivity contribution < 1.29 is 4.74 Å². The zero-order valence-electron chi connectivity index (χ0n) is 44.8. The van der Waals surface area contributed by atoms with Crippen molar-refractivity contribution in [2.24, 2.45) is 0 Å². The van der Waals surface area contributed by atoms with Gasteiger partial charge in [0, 0.05) is 56.7 Å². The van der Waals surface area contributed by atoms with Gasteiger partial charge in [0.25, 0.3) is 0 Å². The van der Waals surface area contributed by atoms with E-state index in [0.29, 0.717) is 0 Å². The zero-order valence-corrected chi connectivity index (χ0v) is 44.8. The molecular weight excluding hydrogens is 884 g/mol. The fourth-order valence-corrected chi connectivity index (χ4v) is 15.2. The predicted molar refractivity (Wildman–Crippen MR) is 307 cm³/mol. The molecule has 6 aliphatic rings. The van der Waals surface area contributed by atoms with E-state index in [2.05, 4.69) is 232 Å². The molecule has 0 radical (unpaired) electrons. The van der Waals surface area contributed by atoms with Crippen LogP contribution < -0.4 is 20.5 Å². The average Bonchev–Trinajstić information content (AvgIpc) is 4.04. The lowest BCUT2D eigenvalue weighted by Gasteiger charge is -2.43. The Morgan fingerprint density at radius 1 is 0.507 bits per heavy atom. The normalized spacial score (nSPS) is 20.2. The molecule has 0 saturated heterocycles. The van der Waals surface area contributed by atoms with E-state index in [-0.39, 0.29) is 33.9 Å². The molecule has 0 amide bonds. The highest BCUT2D eigenvalue weighted by atomic mass is 16.5. The van der Waals surface area contributed by atoms with Crippen molar-refractivity contribution in [3.63, 3.8) is 0 Å². The molecule has 0 saturated carbocycles. The molecule has 1 atom stereocenters. The molecule has 360 valence electrons. The Balaban J connectivity index is 1.05. The number of fused-ring (bicyclic) bond motifs is 16. The molecule has 4 heterocycles. The maximum atomic E-state index is 7.23. The minimum atomic E-state index is -0.485. The number of nitrogens with zero attached hydrogens (tertiary/aromatic N) is 2. The molecule has 9 aromatic rings. The van der Waals surface area contributed by atoms with Crippen LogP contribution in [0.4, 0.5) is 11.4 Å². The number of anilines is 2. The largest absolute Gasteiger partial charge is 0.482 e. The standard InChI is InChI=1S/C69H65BN2O/c1-64(2,3)40-22-24-42(25-23-40)72-59-35-48-46-31-55-56(66(6,7)29-28-65(55,4)5)36-54(46)68(10,11)53(48)32-49(59)44-26-27-45-50-33-52-47(43-20-16-17-21-51(43)67(52,8)9)34-58(50)71-60-37-61-39(30-57(60)70(72)62(44)63(45)71)38-69(12,73-61)41-18-14-13-15-19-41/h13-27,30-37H,28-29,38H2,1-12H3. The van der Waals surface area contributed by atoms with Gasteiger partial charge in [-0.25, -0.2) is 0 Å². The average molecular weight is 949 g/mol. The fraction of sp³-hybridized carbons (Fsp3) is 0.304. The second-order valence-corrected chi connectivity index (χ2v) is 26.6. The van der Waals surface area contributed by atoms with E-state index in [1.807, 2.05) is 0 Å². The van der Waals surface area contributed by atoms with Gasteiger partial charge in [0.2, 0.25) is 0 Å². The maximum Gasteiger partial charge on any atom is 0.333 e. The quantitative estimate of drug-likeness (QED) is 0.161. The van der Waals surface area contributed by atoms with E-state index in [0.717, 1.165) is 12.2 Å². The van der Waals surface area contributed by atoms with Crippen molar-refractivity contribution in [2.75, 3.05) is 4.81 Å². The highest BCUT2D eigenvalue weighted by molar-refractivity contribution is 6.93. The minimum absolute atomic E-state index is 0.0222. The van der Waals surface area contributed by atoms with Gasteiger partial charge in [-0.2, -0.15) is 0 Å². The molecular formula is C69H65BN2O. The molecule has 8 aromatic carbocycles. The molecule has 1 unspecified atom stereocenters. The fourth-order valence-electron chi connectivity index (χ4n) is 15.2. The number of hydrogen-bond donors (Lipinski definition) is 0. The van der Waals surface area contributed by atoms with Gasteiger partial charge in [0.1, 0.15) is 11.4 Å². The second-order valence-electron chi connectivity index (χ2n) is 26.6. The second kappa shape index (κ2) is 13.7. The van der Waals surface area contributed by atoms with E-state index < -0.39 is 5.60 Å². The molecule has 0 bridgehead atoms. The van der Waals surface area contributed by atoms with Crippen LogP contribution in [0.2, 0.25) is 0 Å². The predicted octanol–water partition coefficient (Wildman–Crippen LogP) is 16.1. The van der Waals surface area contributed by atoms with E-state index in [9.17, 15) is 0 Å². The minimum Gasteiger partial charge on any atom is -0.482 e. The summed E-state index contributed by atoms with van der Waals surface area (Å²) in [7, 11) is 0. The van der Waals surface area contributed by atoms with Crippen molar-refractivity contribution in [2.45, 2.75) is 135 Å². The van der Waals surface area contributed by atoms with Gasteiger partial charge in [-0.05, 0) is 167 Å². The van der Waals surface area contributed by atoms with Crippen molar-refractivity contribution in [1.29, 1.82) is 0 Å². The molecule has 15 rings (SSSR count). The highest BCUT2D eigenvalue weighted by Crippen LogP contribution is 2.59. The molecule has 3 aliphatic carbocycles. The molecule has 3 aliphatic heterocycles. The van der Waals surface area contributed by atoms with Gasteiger partial charge in [-0.3, -0.25) is 0 Å². The molecule has 1 aromatic heterocycles. The lowest BCUT2D eigenvalue weighted by Crippen LogP contribution is -2.60. The van der Waals surface area contributed by atoms with Gasteiger partial charge >= 0.3 is 6.85 Å². The van der Waals surface area contributed by atoms with Crippen LogP contribution in [0, 0.1) is 0 Å². The summed E-state index contributed by atoms with van der Waals surface area (Å²) >= 11 is 0. The van der Waals surface area contributed by atoms with Gasteiger partial charge in [-0.1, -0.05) is 167 Å². The van der Waals surface area contributed by atoms with Crippen LogP contribution in [0.25, 0.3) is 60.9 Å². The first kappa shape index (κ1) is 43.8. The Kier molecular flexibility index (Phi) is 8.20. The summed E-state index contributed by atoms with van der Waals surface area (Å²) in [5.41, 5.74) is 29.2. The van der Waals surface area contributed by atoms with Gasteiger partial charge in [0.15, 0.2) is 0 Å². The number of aromatic nitrogens is 1. The number of ether oxygens (including phenoxy) is 1. The summed E-state index contributed by atoms with van der Waals surface area (Å²) in [6.07, 6.45) is 3.20. The summed E-state index contributed by atoms with van der Waals surface area (Å²) < 4.78 is 9.88. The SMILES string of the molecule is CC(C)(C)c1ccc(N2B3c4cc5c(cc4-n4c6cc7c(cc6c6ccc(c3c64)-c3cc4c(cc32)-c2cc3c(cc2C4(C)C)C(C)(C)CCC3(C)C)C(C)(C)c2ccccc2-7)OC(C)(c2ccccc2)C5)cc1. The van der Waals surface area contributed by atoms with Crippen LogP contribution in [-0.4, -0.2) is 11.4 Å². The summed E-state index contributed by atoms with van der Waals surface area (Å²) in [4.78, 5) is 2.75. The monoisotopic (exact) mass is 949 g/mol. The third kappa shape index (κ3) is 5.58. The smallest absolute Gasteiger partial charge is 0.333 e. The highest BCUT2D eigenvalue weighted by Gasteiger charge is 2.49. The van der Waals surface area contributed by atoms with Crippen molar-refractivity contribution >= 4 is 51.0 Å². The number of hydrogen-bond acceptors (Lipinski definition) is 2. The lowest BCUT2D eigenvalue weighted by atomic mass is 9.43. The first-order valence-corrected chi connectivity index (χ1v) is 27.1. The van der Waals surface area contributed by atoms with E-state index in [1.165, 1.54) is 146 Å². The van der Waals surface area contributed by atoms with Gasteiger partial charge < -0.3 is 14.1 Å². The molecule has 0 fully saturated rings. The number of benzene rings is 8. The van der Waals surface area contributed by atoms with Crippen LogP contribution in [0.15, 0.2) is 140 Å². The van der Waals surface area contributed by atoms with Crippen molar-refractivity contribution in [1.82, 2.24) is 4.57 Å². The molecule has 0 N–H and O–H groups in total. The Hall–Kier alpha value is -6.78. The zero-order chi connectivity index (χ0) is 50.3. The Morgan fingerprint density at radius 3 is 1.88 bits per heavy atom. The van der Waals surface area contributed by atoms with Crippen LogP contribution in [-0.2, 0) is 39.1 Å². The van der Waals surface area contributed by atoms with Gasteiger partial charge in [0.05, 0.1) is 11.0 Å². The third-order valence-corrected chi connectivity index (χ3v) is 19.5. The Morgan fingerprint density at radius 2 is 1.14 bits per heavy atom. The molecule has 4 heteroatoms. The summed E-state index contributed by atoms with van der Waals surface area (Å²) in [6.45, 7) is 28.8. The molecule has 0 spiro atoms. The van der Waals surface area contributed by atoms with Crippen LogP contribution in [0.1, 0.15) is 146 Å². The number of rotatable bonds is 2. The summed E-state index contributed by atoms with van der Waals surface area (Å²) in [5, 5.41) is 2.62. The Bertz CT molecular complexity index is 3970. The molecule has 3 nitrogen and oxygen atoms in total. The lowest BCUT2D eigenvalue weighted by molar-refractivity contribution is 0.116. The van der Waals surface area contributed by atoms with Crippen LogP contribution in [0.5, 0.6) is 5.75 Å². The van der Waals surface area contributed by atoms with Crippen molar-refractivity contribution in [3.8, 4) is 44.8 Å². The molecule has 73 heavy (non-hydrogen) atoms. The van der Waals surface area contributed by atoms with Crippen molar-refractivity contribution in [3.05, 3.63) is 190 Å². The third-order valence-electron chi connectivity index (χ3n) is 19.5. The summed E-state index contributed by atoms with van der Waals surface area (Å²) in [6, 6.07) is 55.1. The van der Waals surface area contributed by atoms with Crippen LogP contribution >= 0.6 is 0 Å². The summed E-state index contributed by atoms with van der Waals surface area (Å²) in [5.74, 6) is 0.982. The maximum absolute atomic E-state index is 7.23. The topological polar surface area (TPSA) is 17.4 Å². The van der Waals surface area contributed by atoms with Crippen LogP contribution in [0.3, 0.4) is 0 Å². The van der Waals surface area contributed by atoms with E-state index in [1.54, 1.807) is 0 Å².